The van der Waals surface area contributed by atoms with E-state index in [1.165, 1.54) is 30.6 Å². The lowest BCUT2D eigenvalue weighted by Gasteiger charge is -2.43. The quantitative estimate of drug-likeness (QED) is 0.304. The third-order valence-corrected chi connectivity index (χ3v) is 6.99. The van der Waals surface area contributed by atoms with Gasteiger partial charge in [0.1, 0.15) is 11.8 Å². The lowest BCUT2D eigenvalue weighted by atomic mass is 9.99. The summed E-state index contributed by atoms with van der Waals surface area (Å²) in [4.78, 5) is 32.8. The molecule has 0 bridgehead atoms. The Morgan fingerprint density at radius 1 is 1.05 bits per heavy atom. The number of hydrogen-bond acceptors (Lipinski definition) is 6. The maximum Gasteiger partial charge on any atom is 0.573 e. The van der Waals surface area contributed by atoms with Crippen molar-refractivity contribution in [3.8, 4) is 11.8 Å². The van der Waals surface area contributed by atoms with E-state index in [2.05, 4.69) is 9.72 Å². The lowest BCUT2D eigenvalue weighted by molar-refractivity contribution is -0.274. The fraction of sp³-hybridized carbons (Fsp3) is 0.429. The molecule has 40 heavy (non-hydrogen) atoms. The molecule has 0 N–H and O–H groups in total. The highest BCUT2D eigenvalue weighted by atomic mass is 19.4. The fourth-order valence-electron chi connectivity index (χ4n) is 5.14. The molecule has 0 spiro atoms. The number of rotatable bonds is 8. The van der Waals surface area contributed by atoms with E-state index in [4.69, 9.17) is 0 Å². The number of amides is 1. The number of nitriles is 1. The van der Waals surface area contributed by atoms with Crippen LogP contribution in [0.4, 0.5) is 22.0 Å². The molecule has 12 heteroatoms. The van der Waals surface area contributed by atoms with Gasteiger partial charge in [0.15, 0.2) is 11.4 Å². The number of aromatic nitrogens is 1. The van der Waals surface area contributed by atoms with Gasteiger partial charge in [0.25, 0.3) is 5.92 Å². The number of ether oxygens (including phenoxy) is 1. The average molecular weight is 563 g/mol. The first-order chi connectivity index (χ1) is 18.9. The number of alkyl halides is 5. The number of benzene rings is 1. The van der Waals surface area contributed by atoms with Gasteiger partial charge < -0.3 is 9.64 Å². The fourth-order valence-corrected chi connectivity index (χ4v) is 5.14. The summed E-state index contributed by atoms with van der Waals surface area (Å²) in [7, 11) is 0. The summed E-state index contributed by atoms with van der Waals surface area (Å²) in [6.07, 6.45) is 2.19. The van der Waals surface area contributed by atoms with Crippen LogP contribution in [-0.2, 0) is 4.79 Å². The highest BCUT2D eigenvalue weighted by Gasteiger charge is 2.60. The molecule has 2 saturated heterocycles. The molecular formula is C28H27F5N4O3. The van der Waals surface area contributed by atoms with Crippen molar-refractivity contribution < 1.29 is 36.3 Å². The first-order valence-electron chi connectivity index (χ1n) is 12.8. The third-order valence-electron chi connectivity index (χ3n) is 6.99. The molecule has 2 aromatic rings. The Morgan fingerprint density at radius 2 is 1.75 bits per heavy atom. The minimum absolute atomic E-state index is 0.241. The molecule has 1 aromatic heterocycles. The van der Waals surface area contributed by atoms with Crippen molar-refractivity contribution >= 4 is 23.8 Å². The zero-order valence-electron chi connectivity index (χ0n) is 21.5. The Morgan fingerprint density at radius 3 is 2.40 bits per heavy atom. The zero-order chi connectivity index (χ0) is 29.0. The molecule has 4 rings (SSSR count). The number of hydrogen-bond donors (Lipinski definition) is 0. The minimum atomic E-state index is -4.80. The van der Waals surface area contributed by atoms with E-state index in [-0.39, 0.29) is 24.2 Å². The molecule has 1 atom stereocenters. The number of nitrogens with zero attached hydrogens (tertiary/aromatic N) is 4. The van der Waals surface area contributed by atoms with Crippen molar-refractivity contribution in [3.63, 3.8) is 0 Å². The van der Waals surface area contributed by atoms with Crippen LogP contribution in [0.3, 0.4) is 0 Å². The Bertz CT molecular complexity index is 1300. The topological polar surface area (TPSA) is 86.5 Å². The van der Waals surface area contributed by atoms with Crippen LogP contribution in [-0.4, -0.2) is 64.1 Å². The van der Waals surface area contributed by atoms with Crippen molar-refractivity contribution in [1.82, 2.24) is 14.8 Å². The predicted octanol–water partition coefficient (Wildman–Crippen LogP) is 5.69. The first-order valence-corrected chi connectivity index (χ1v) is 12.8. The van der Waals surface area contributed by atoms with Crippen LogP contribution in [0.15, 0.2) is 42.7 Å². The molecule has 2 aliphatic heterocycles. The van der Waals surface area contributed by atoms with Crippen LogP contribution >= 0.6 is 0 Å². The number of carbonyl (C=O) groups is 2. The molecule has 0 saturated carbocycles. The SMILES string of the molecule is N#C[C@]1(N2CCCCC2)CC(F)(F)CN1C(=O)CCC(=O)c1ccncc1/C=C/c1ccc(OC(F)(F)F)cc1. The van der Waals surface area contributed by atoms with Crippen LogP contribution < -0.4 is 4.74 Å². The van der Waals surface area contributed by atoms with E-state index in [9.17, 15) is 36.8 Å². The van der Waals surface area contributed by atoms with Crippen molar-refractivity contribution in [2.24, 2.45) is 0 Å². The maximum atomic E-state index is 14.5. The number of ketones is 1. The average Bonchev–Trinajstić information content (AvgIpc) is 3.22. The summed E-state index contributed by atoms with van der Waals surface area (Å²) in [5.41, 5.74) is -0.559. The molecule has 0 unspecified atom stereocenters. The smallest absolute Gasteiger partial charge is 0.406 e. The molecular weight excluding hydrogens is 535 g/mol. The number of piperidine rings is 1. The Balaban J connectivity index is 1.44. The number of Topliss-reactive ketones (excluding diaryl/α,β-unsaturated/α-hetero) is 1. The van der Waals surface area contributed by atoms with Crippen LogP contribution in [0.1, 0.15) is 60.0 Å². The van der Waals surface area contributed by atoms with E-state index in [0.29, 0.717) is 24.2 Å². The van der Waals surface area contributed by atoms with Gasteiger partial charge >= 0.3 is 6.36 Å². The summed E-state index contributed by atoms with van der Waals surface area (Å²) in [5, 5.41) is 9.97. The molecule has 2 aliphatic rings. The highest BCUT2D eigenvalue weighted by molar-refractivity contribution is 6.01. The van der Waals surface area contributed by atoms with E-state index < -0.39 is 42.6 Å². The maximum absolute atomic E-state index is 14.5. The Labute approximate surface area is 227 Å². The van der Waals surface area contributed by atoms with Crippen LogP contribution in [0.5, 0.6) is 5.75 Å². The van der Waals surface area contributed by atoms with Gasteiger partial charge in [0.05, 0.1) is 13.0 Å². The van der Waals surface area contributed by atoms with E-state index in [0.717, 1.165) is 36.3 Å². The van der Waals surface area contributed by atoms with Gasteiger partial charge in [-0.25, -0.2) is 8.78 Å². The predicted molar refractivity (Wildman–Crippen MR) is 135 cm³/mol. The van der Waals surface area contributed by atoms with Gasteiger partial charge in [-0.2, -0.15) is 5.26 Å². The molecule has 7 nitrogen and oxygen atoms in total. The van der Waals surface area contributed by atoms with E-state index in [1.807, 2.05) is 6.07 Å². The van der Waals surface area contributed by atoms with Gasteiger partial charge in [-0.05, 0) is 36.6 Å². The standard InChI is InChI=1S/C28H27F5N4O3/c29-26(30)17-27(18-34,36-14-2-1-3-15-36)37(19-26)25(39)11-10-24(38)23-12-13-35-16-21(23)7-4-20-5-8-22(9-6-20)40-28(31,32)33/h4-9,12-13,16H,1-3,10-11,14-15,17,19H2/b7-4+/t27-/m0/s1. The Hall–Kier alpha value is -3.85. The summed E-state index contributed by atoms with van der Waals surface area (Å²) >= 11 is 0. The van der Waals surface area contributed by atoms with Crippen LogP contribution in [0.2, 0.25) is 0 Å². The third kappa shape index (κ3) is 6.83. The zero-order valence-corrected chi connectivity index (χ0v) is 21.5. The summed E-state index contributed by atoms with van der Waals surface area (Å²) in [6, 6.07) is 8.58. The molecule has 0 radical (unpaired) electrons. The molecule has 1 aromatic carbocycles. The number of carbonyl (C=O) groups excluding carboxylic acids is 2. The number of pyridine rings is 1. The summed E-state index contributed by atoms with van der Waals surface area (Å²) in [5.74, 6) is -4.70. The second kappa shape index (κ2) is 11.7. The van der Waals surface area contributed by atoms with E-state index in [1.54, 1.807) is 17.1 Å². The molecule has 212 valence electrons. The number of halogens is 5. The van der Waals surface area contributed by atoms with Crippen LogP contribution in [0, 0.1) is 11.3 Å². The molecule has 2 fully saturated rings. The van der Waals surface area contributed by atoms with Crippen molar-refractivity contribution in [2.45, 2.75) is 56.5 Å². The normalized spacial score (nSPS) is 21.4. The lowest BCUT2D eigenvalue weighted by Crippen LogP contribution is -2.59. The van der Waals surface area contributed by atoms with Gasteiger partial charge in [0, 0.05) is 49.5 Å². The van der Waals surface area contributed by atoms with Gasteiger partial charge in [-0.15, -0.1) is 13.2 Å². The second-order valence-electron chi connectivity index (χ2n) is 9.83. The van der Waals surface area contributed by atoms with Crippen molar-refractivity contribution in [3.05, 3.63) is 59.4 Å². The monoisotopic (exact) mass is 562 g/mol. The summed E-state index contributed by atoms with van der Waals surface area (Å²) in [6.45, 7) is 0.00834. The van der Waals surface area contributed by atoms with Crippen LogP contribution in [0.25, 0.3) is 12.2 Å². The highest BCUT2D eigenvalue weighted by Crippen LogP contribution is 2.43. The molecule has 3 heterocycles. The van der Waals surface area contributed by atoms with Gasteiger partial charge in [-0.3, -0.25) is 19.5 Å². The molecule has 1 amide bonds. The first kappa shape index (κ1) is 29.1. The van der Waals surface area contributed by atoms with Gasteiger partial charge in [-0.1, -0.05) is 30.7 Å². The minimum Gasteiger partial charge on any atom is -0.406 e. The van der Waals surface area contributed by atoms with Crippen molar-refractivity contribution in [1.29, 1.82) is 5.26 Å². The largest absolute Gasteiger partial charge is 0.573 e. The summed E-state index contributed by atoms with van der Waals surface area (Å²) < 4.78 is 70.0. The van der Waals surface area contributed by atoms with Crippen molar-refractivity contribution in [2.75, 3.05) is 19.6 Å². The Kier molecular flexibility index (Phi) is 8.54. The van der Waals surface area contributed by atoms with Gasteiger partial charge in [0.2, 0.25) is 5.91 Å². The van der Waals surface area contributed by atoms with E-state index >= 15 is 0 Å². The molecule has 0 aliphatic carbocycles. The number of likely N-dealkylation sites (tertiary alicyclic amines) is 2. The second-order valence-corrected chi connectivity index (χ2v) is 9.83.